The van der Waals surface area contributed by atoms with Crippen LogP contribution in [0.25, 0.3) is 0 Å². The normalized spacial score (nSPS) is 11.9. The van der Waals surface area contributed by atoms with Crippen LogP contribution in [0.2, 0.25) is 0 Å². The Morgan fingerprint density at radius 3 is 1.97 bits per heavy atom. The van der Waals surface area contributed by atoms with Crippen molar-refractivity contribution in [2.24, 2.45) is 0 Å². The first kappa shape index (κ1) is 35.9. The first-order valence-electron chi connectivity index (χ1n) is 13.0. The average molecular weight is 647 g/mol. The quantitative estimate of drug-likeness (QED) is 0.0507. The minimum absolute atomic E-state index is 0.135. The fourth-order valence-electron chi connectivity index (χ4n) is 3.07. The molecule has 11 nitrogen and oxygen atoms in total. The second kappa shape index (κ2) is 28.0. The van der Waals surface area contributed by atoms with E-state index < -0.39 is 6.04 Å². The van der Waals surface area contributed by atoms with Crippen LogP contribution in [0, 0.1) is 0 Å². The summed E-state index contributed by atoms with van der Waals surface area (Å²) < 4.78 is 27.3. The number of hydrogen-bond acceptors (Lipinski definition) is 8. The van der Waals surface area contributed by atoms with Crippen LogP contribution in [0.15, 0.2) is 0 Å². The first-order valence-corrected chi connectivity index (χ1v) is 16.7. The predicted molar refractivity (Wildman–Crippen MR) is 137 cm³/mol. The number of hydrogen-bond donors (Lipinski definition) is 3. The van der Waals surface area contributed by atoms with Gasteiger partial charge in [-0.1, -0.05) is 0 Å². The van der Waals surface area contributed by atoms with E-state index in [9.17, 15) is 14.4 Å². The smallest absolute Gasteiger partial charge is 0.382 e. The zero-order valence-corrected chi connectivity index (χ0v) is 25.1. The van der Waals surface area contributed by atoms with Gasteiger partial charge in [-0.2, -0.15) is 0 Å². The van der Waals surface area contributed by atoms with Crippen molar-refractivity contribution in [3.05, 3.63) is 0 Å². The molecule has 0 aliphatic heterocycles. The van der Waals surface area contributed by atoms with Gasteiger partial charge in [0.05, 0.1) is 39.6 Å². The summed E-state index contributed by atoms with van der Waals surface area (Å²) in [5.74, 6) is -0.605. The number of alkyl halides is 2. The number of nitrogens with one attached hydrogen (secondary N) is 3. The molecule has 3 N–H and O–H groups in total. The summed E-state index contributed by atoms with van der Waals surface area (Å²) in [6.45, 7) is 4.75. The molecule has 0 radical (unpaired) electrons. The third-order valence-corrected chi connectivity index (χ3v) is 6.95. The van der Waals surface area contributed by atoms with Crippen LogP contribution in [0.1, 0.15) is 44.9 Å². The summed E-state index contributed by atoms with van der Waals surface area (Å²) in [4.78, 5) is 39.5. The third kappa shape index (κ3) is 25.0. The van der Waals surface area contributed by atoms with E-state index in [2.05, 4.69) is 20.9 Å². The van der Waals surface area contributed by atoms with Gasteiger partial charge in [0.15, 0.2) is 0 Å². The van der Waals surface area contributed by atoms with Crippen molar-refractivity contribution in [3.63, 3.8) is 0 Å². The summed E-state index contributed by atoms with van der Waals surface area (Å²) in [6, 6.07) is -0.758. The van der Waals surface area contributed by atoms with Gasteiger partial charge in [-0.3, -0.25) is 0 Å². The fraction of sp³-hybridized carbons (Fsp3) is 0.880. The van der Waals surface area contributed by atoms with E-state index in [0.29, 0.717) is 72.4 Å². The van der Waals surface area contributed by atoms with Gasteiger partial charge in [-0.25, -0.2) is 0 Å². The van der Waals surface area contributed by atoms with E-state index >= 15 is 0 Å². The molecule has 0 bridgehead atoms. The Morgan fingerprint density at radius 2 is 1.32 bits per heavy atom. The Kier molecular flexibility index (Phi) is 27.2. The molecule has 3 amide bonds. The second-order valence-corrected chi connectivity index (χ2v) is 10.8. The van der Waals surface area contributed by atoms with Crippen molar-refractivity contribution in [3.8, 4) is 0 Å². The van der Waals surface area contributed by atoms with E-state index in [1.54, 1.807) is 14.2 Å². The molecule has 1 atom stereocenters. The fourth-order valence-corrected chi connectivity index (χ4v) is 4.37. The molecule has 0 saturated heterocycles. The molecule has 0 spiro atoms. The van der Waals surface area contributed by atoms with Crippen molar-refractivity contribution >= 4 is 17.7 Å². The summed E-state index contributed by atoms with van der Waals surface area (Å²) in [5, 5.41) is 8.45. The molecule has 220 valence electrons. The van der Waals surface area contributed by atoms with Crippen LogP contribution in [0.5, 0.6) is 0 Å². The Hall–Kier alpha value is -1.06. The molecular formula is C25H49IN3O8-. The van der Waals surface area contributed by atoms with Gasteiger partial charge >= 0.3 is 141 Å². The van der Waals surface area contributed by atoms with E-state index in [0.717, 1.165) is 25.7 Å². The van der Waals surface area contributed by atoms with E-state index in [1.165, 1.54) is 4.43 Å². The summed E-state index contributed by atoms with van der Waals surface area (Å²) in [7, 11) is 3.27. The van der Waals surface area contributed by atoms with Crippen LogP contribution in [0.4, 0.5) is 0 Å². The zero-order valence-electron chi connectivity index (χ0n) is 22.9. The maximum atomic E-state index is 12.7. The van der Waals surface area contributed by atoms with Gasteiger partial charge in [-0.05, 0) is 12.8 Å². The number of unbranched alkanes of at least 4 members (excludes halogenated alkanes) is 2. The minimum atomic E-state index is -0.758. The Balaban J connectivity index is 4.25. The van der Waals surface area contributed by atoms with Gasteiger partial charge in [0.25, 0.3) is 0 Å². The summed E-state index contributed by atoms with van der Waals surface area (Å²) in [5.41, 5.74) is 0. The molecule has 0 fully saturated rings. The monoisotopic (exact) mass is 646 g/mol. The molecule has 0 saturated carbocycles. The van der Waals surface area contributed by atoms with E-state index in [4.69, 9.17) is 23.7 Å². The van der Waals surface area contributed by atoms with Gasteiger partial charge in [0.1, 0.15) is 0 Å². The average Bonchev–Trinajstić information content (AvgIpc) is 2.89. The second-order valence-electron chi connectivity index (χ2n) is 8.24. The Labute approximate surface area is 233 Å². The van der Waals surface area contributed by atoms with Crippen LogP contribution >= 0.6 is 0 Å². The summed E-state index contributed by atoms with van der Waals surface area (Å²) >= 11 is 0.229. The number of rotatable bonds is 27. The van der Waals surface area contributed by atoms with Crippen LogP contribution in [-0.4, -0.2) is 113 Å². The minimum Gasteiger partial charge on any atom is -0.382 e. The number of amides is 3. The van der Waals surface area contributed by atoms with Crippen molar-refractivity contribution in [1.82, 2.24) is 16.0 Å². The molecule has 0 aliphatic carbocycles. The van der Waals surface area contributed by atoms with Gasteiger partial charge in [0, 0.05) is 20.8 Å². The standard InChI is InChI=1S/C25H49IN3O8/c1-26-11-5-4-8-24(31)29-22(9-10-23(30)27-12-6-7-14-33-2)25(32)28-13-15-35-18-19-37-21-20-36-17-16-34-3/h22H,4-21H2,1-3H3,(H,27,30)(H,28,32)(H,29,31)/q-1/t22-/m0/s1. The van der Waals surface area contributed by atoms with Crippen molar-refractivity contribution < 1.29 is 59.3 Å². The van der Waals surface area contributed by atoms with Gasteiger partial charge in [-0.15, -0.1) is 0 Å². The van der Waals surface area contributed by atoms with E-state index in [-0.39, 0.29) is 51.8 Å². The number of carbonyl (C=O) groups excluding carboxylic acids is 3. The molecule has 0 heterocycles. The first-order chi connectivity index (χ1) is 18.0. The SMILES string of the molecule is COCCCCNC(=O)CC[C@H](NC(=O)CCCC[I-]C)C(=O)NCCOCCOCCOCCOC. The molecular weight excluding hydrogens is 597 g/mol. The van der Waals surface area contributed by atoms with Crippen LogP contribution in [0.3, 0.4) is 0 Å². The molecule has 0 rings (SSSR count). The van der Waals surface area contributed by atoms with Crippen LogP contribution in [-0.2, 0) is 38.1 Å². The van der Waals surface area contributed by atoms with Gasteiger partial charge < -0.3 is 18.9 Å². The zero-order chi connectivity index (χ0) is 27.4. The van der Waals surface area contributed by atoms with Crippen molar-refractivity contribution in [2.75, 3.05) is 89.5 Å². The molecule has 37 heavy (non-hydrogen) atoms. The predicted octanol–water partition coefficient (Wildman–Crippen LogP) is -2.50. The maximum absolute atomic E-state index is 12.7. The number of methoxy groups -OCH3 is 2. The van der Waals surface area contributed by atoms with Crippen molar-refractivity contribution in [1.29, 1.82) is 0 Å². The molecule has 0 unspecified atom stereocenters. The molecule has 0 aromatic heterocycles. The molecule has 0 aromatic rings. The number of carbonyl (C=O) groups is 3. The van der Waals surface area contributed by atoms with Crippen molar-refractivity contribution in [2.45, 2.75) is 51.0 Å². The Bertz CT molecular complexity index is 572. The topological polar surface area (TPSA) is 133 Å². The van der Waals surface area contributed by atoms with Gasteiger partial charge in [0.2, 0.25) is 0 Å². The Morgan fingerprint density at radius 1 is 0.676 bits per heavy atom. The molecule has 12 heteroatoms. The third-order valence-electron chi connectivity index (χ3n) is 5.11. The number of ether oxygens (including phenoxy) is 5. The summed E-state index contributed by atoms with van der Waals surface area (Å²) in [6.07, 6.45) is 4.32. The van der Waals surface area contributed by atoms with Crippen LogP contribution < -0.4 is 37.2 Å². The molecule has 0 aromatic carbocycles. The number of halogens is 1. The molecule has 0 aliphatic rings. The van der Waals surface area contributed by atoms with E-state index in [1.807, 2.05) is 0 Å².